The molecule has 7 nitrogen and oxygen atoms in total. The van der Waals surface area contributed by atoms with Gasteiger partial charge < -0.3 is 15.4 Å². The molecule has 1 aliphatic rings. The maximum Gasteiger partial charge on any atom is 0.340 e. The molecule has 1 amide bonds. The number of nitrogens with one attached hydrogen (secondary N) is 2. The summed E-state index contributed by atoms with van der Waals surface area (Å²) < 4.78 is 5.02. The Hall–Kier alpha value is -2.96. The summed E-state index contributed by atoms with van der Waals surface area (Å²) in [5.41, 5.74) is 0.931. The predicted molar refractivity (Wildman–Crippen MR) is 98.3 cm³/mol. The molecule has 0 unspecified atom stereocenters. The van der Waals surface area contributed by atoms with Crippen molar-refractivity contribution in [2.45, 2.75) is 38.6 Å². The number of esters is 1. The van der Waals surface area contributed by atoms with E-state index in [1.54, 1.807) is 37.3 Å². The normalized spacial score (nSPS) is 14.0. The van der Waals surface area contributed by atoms with Crippen LogP contribution < -0.4 is 10.6 Å². The number of carbonyl (C=O) groups excluding carboxylic acids is 2. The van der Waals surface area contributed by atoms with Crippen molar-refractivity contribution in [2.24, 2.45) is 0 Å². The Bertz CT molecular complexity index is 788. The zero-order chi connectivity index (χ0) is 18.4. The highest BCUT2D eigenvalue weighted by Crippen LogP contribution is 2.22. The Kier molecular flexibility index (Phi) is 5.78. The minimum atomic E-state index is -0.477. The molecule has 0 aliphatic heterocycles. The lowest BCUT2D eigenvalue weighted by Gasteiger charge is -2.13. The largest absolute Gasteiger partial charge is 0.462 e. The fraction of sp³-hybridized carbons (Fsp3) is 0.368. The van der Waals surface area contributed by atoms with Crippen molar-refractivity contribution in [3.63, 3.8) is 0 Å². The van der Waals surface area contributed by atoms with Crippen LogP contribution in [0.3, 0.4) is 0 Å². The van der Waals surface area contributed by atoms with Crippen LogP contribution in [-0.2, 0) is 4.74 Å². The molecule has 0 spiro atoms. The summed E-state index contributed by atoms with van der Waals surface area (Å²) in [6, 6.07) is 8.75. The summed E-state index contributed by atoms with van der Waals surface area (Å²) in [5.74, 6) is -0.246. The van der Waals surface area contributed by atoms with Gasteiger partial charge in [-0.2, -0.15) is 0 Å². The van der Waals surface area contributed by atoms with Crippen molar-refractivity contribution in [3.8, 4) is 0 Å². The van der Waals surface area contributed by atoms with Gasteiger partial charge in [-0.15, -0.1) is 0 Å². The van der Waals surface area contributed by atoms with E-state index in [-0.39, 0.29) is 12.3 Å². The van der Waals surface area contributed by atoms with Gasteiger partial charge in [0.25, 0.3) is 5.91 Å². The number of hydrogen-bond donors (Lipinski definition) is 2. The van der Waals surface area contributed by atoms with Crippen LogP contribution in [-0.4, -0.2) is 34.5 Å². The third kappa shape index (κ3) is 4.36. The van der Waals surface area contributed by atoms with Crippen LogP contribution >= 0.6 is 0 Å². The summed E-state index contributed by atoms with van der Waals surface area (Å²) in [5, 5.41) is 6.07. The first kappa shape index (κ1) is 17.8. The zero-order valence-electron chi connectivity index (χ0n) is 14.7. The number of ether oxygens (including phenoxy) is 1. The van der Waals surface area contributed by atoms with Gasteiger partial charge >= 0.3 is 5.97 Å². The van der Waals surface area contributed by atoms with Crippen LogP contribution in [0.2, 0.25) is 0 Å². The quantitative estimate of drug-likeness (QED) is 0.774. The van der Waals surface area contributed by atoms with Gasteiger partial charge in [-0.25, -0.2) is 14.8 Å². The molecule has 1 saturated carbocycles. The molecule has 3 rings (SSSR count). The van der Waals surface area contributed by atoms with Crippen molar-refractivity contribution in [1.29, 1.82) is 0 Å². The van der Waals surface area contributed by atoms with E-state index in [0.717, 1.165) is 12.8 Å². The van der Waals surface area contributed by atoms with Crippen molar-refractivity contribution in [1.82, 2.24) is 9.97 Å². The van der Waals surface area contributed by atoms with Crippen LogP contribution in [0.25, 0.3) is 0 Å². The molecule has 0 radical (unpaired) electrons. The van der Waals surface area contributed by atoms with E-state index >= 15 is 0 Å². The maximum atomic E-state index is 12.6. The second-order valence-corrected chi connectivity index (χ2v) is 6.13. The first-order valence-electron chi connectivity index (χ1n) is 8.83. The first-order valence-corrected chi connectivity index (χ1v) is 8.83. The van der Waals surface area contributed by atoms with Crippen LogP contribution in [0.4, 0.5) is 11.5 Å². The highest BCUT2D eigenvalue weighted by Gasteiger charge is 2.18. The molecule has 1 fully saturated rings. The number of rotatable bonds is 6. The minimum Gasteiger partial charge on any atom is -0.462 e. The summed E-state index contributed by atoms with van der Waals surface area (Å²) in [6.07, 6.45) is 6.00. The second-order valence-electron chi connectivity index (χ2n) is 6.13. The van der Waals surface area contributed by atoms with E-state index in [4.69, 9.17) is 4.74 Å². The van der Waals surface area contributed by atoms with Gasteiger partial charge in [0.2, 0.25) is 0 Å². The Labute approximate surface area is 152 Å². The average Bonchev–Trinajstić information content (AvgIpc) is 3.15. The molecule has 1 aliphatic carbocycles. The zero-order valence-corrected chi connectivity index (χ0v) is 14.7. The van der Waals surface area contributed by atoms with Gasteiger partial charge in [0.05, 0.1) is 17.9 Å². The summed E-state index contributed by atoms with van der Waals surface area (Å²) in [6.45, 7) is 2.00. The first-order chi connectivity index (χ1) is 12.7. The molecule has 1 aromatic carbocycles. The number of amides is 1. The van der Waals surface area contributed by atoms with E-state index in [1.807, 2.05) is 0 Å². The van der Waals surface area contributed by atoms with Crippen LogP contribution in [0.15, 0.2) is 36.7 Å². The standard InChI is InChI=1S/C19H22N4O3/c1-2-26-19(25)14-9-5-6-10-15(14)23-18(24)16-11-17(21-12-20-16)22-13-7-3-4-8-13/h5-6,9-13H,2-4,7-8H2,1H3,(H,23,24)(H,20,21,22). The monoisotopic (exact) mass is 354 g/mol. The van der Waals surface area contributed by atoms with E-state index in [0.29, 0.717) is 23.1 Å². The van der Waals surface area contributed by atoms with Gasteiger partial charge in [-0.3, -0.25) is 4.79 Å². The van der Waals surface area contributed by atoms with Gasteiger partial charge in [0.15, 0.2) is 0 Å². The number of nitrogens with zero attached hydrogens (tertiary/aromatic N) is 2. The topological polar surface area (TPSA) is 93.2 Å². The molecule has 1 heterocycles. The number of para-hydroxylation sites is 1. The SMILES string of the molecule is CCOC(=O)c1ccccc1NC(=O)c1cc(NC2CCCC2)ncn1. The number of hydrogen-bond acceptors (Lipinski definition) is 6. The highest BCUT2D eigenvalue weighted by molar-refractivity contribution is 6.07. The third-order valence-electron chi connectivity index (χ3n) is 4.28. The molecule has 2 N–H and O–H groups in total. The molecule has 26 heavy (non-hydrogen) atoms. The fourth-order valence-corrected chi connectivity index (χ4v) is 3.01. The van der Waals surface area contributed by atoms with Gasteiger partial charge in [0.1, 0.15) is 17.8 Å². The fourth-order valence-electron chi connectivity index (χ4n) is 3.01. The lowest BCUT2D eigenvalue weighted by molar-refractivity contribution is 0.0527. The molecule has 136 valence electrons. The molecule has 0 bridgehead atoms. The highest BCUT2D eigenvalue weighted by atomic mass is 16.5. The maximum absolute atomic E-state index is 12.6. The molecule has 2 aromatic rings. The Morgan fingerprint density at radius 3 is 2.73 bits per heavy atom. The number of anilines is 2. The van der Waals surface area contributed by atoms with Crippen molar-refractivity contribution in [3.05, 3.63) is 47.9 Å². The summed E-state index contributed by atoms with van der Waals surface area (Å²) in [7, 11) is 0. The summed E-state index contributed by atoms with van der Waals surface area (Å²) >= 11 is 0. The van der Waals surface area contributed by atoms with Crippen molar-refractivity contribution in [2.75, 3.05) is 17.2 Å². The van der Waals surface area contributed by atoms with E-state index in [9.17, 15) is 9.59 Å². The van der Waals surface area contributed by atoms with E-state index in [2.05, 4.69) is 20.6 Å². The van der Waals surface area contributed by atoms with Crippen LogP contribution in [0.5, 0.6) is 0 Å². The van der Waals surface area contributed by atoms with E-state index in [1.165, 1.54) is 19.2 Å². The molecule has 7 heteroatoms. The Balaban J connectivity index is 1.73. The minimum absolute atomic E-state index is 0.235. The van der Waals surface area contributed by atoms with Crippen LogP contribution in [0, 0.1) is 0 Å². The number of benzene rings is 1. The Morgan fingerprint density at radius 1 is 1.19 bits per heavy atom. The van der Waals surface area contributed by atoms with E-state index < -0.39 is 11.9 Å². The summed E-state index contributed by atoms with van der Waals surface area (Å²) in [4.78, 5) is 32.8. The van der Waals surface area contributed by atoms with Gasteiger partial charge in [0, 0.05) is 12.1 Å². The smallest absolute Gasteiger partial charge is 0.340 e. The van der Waals surface area contributed by atoms with Gasteiger partial charge in [-0.05, 0) is 31.9 Å². The van der Waals surface area contributed by atoms with Crippen LogP contribution in [0.1, 0.15) is 53.5 Å². The molecule has 0 atom stereocenters. The average molecular weight is 354 g/mol. The lowest BCUT2D eigenvalue weighted by atomic mass is 10.1. The lowest BCUT2D eigenvalue weighted by Crippen LogP contribution is -2.19. The molecular weight excluding hydrogens is 332 g/mol. The predicted octanol–water partition coefficient (Wildman–Crippen LogP) is 3.26. The number of aromatic nitrogens is 2. The number of carbonyl (C=O) groups is 2. The van der Waals surface area contributed by atoms with Crippen molar-refractivity contribution < 1.29 is 14.3 Å². The molecule has 0 saturated heterocycles. The Morgan fingerprint density at radius 2 is 1.96 bits per heavy atom. The third-order valence-corrected chi connectivity index (χ3v) is 4.28. The molecule has 1 aromatic heterocycles. The molecular formula is C19H22N4O3. The second kappa shape index (κ2) is 8.42. The van der Waals surface area contributed by atoms with Crippen molar-refractivity contribution >= 4 is 23.4 Å². The van der Waals surface area contributed by atoms with Gasteiger partial charge in [-0.1, -0.05) is 25.0 Å².